The summed E-state index contributed by atoms with van der Waals surface area (Å²) in [6.45, 7) is 6.85. The third-order valence-electron chi connectivity index (χ3n) is 3.88. The van der Waals surface area contributed by atoms with Crippen LogP contribution in [0.25, 0.3) is 0 Å². The lowest BCUT2D eigenvalue weighted by Gasteiger charge is -2.33. The number of amides is 2. The van der Waals surface area contributed by atoms with Crippen molar-refractivity contribution in [1.29, 1.82) is 0 Å². The first-order valence-corrected chi connectivity index (χ1v) is 8.61. The molecule has 0 bridgehead atoms. The van der Waals surface area contributed by atoms with Gasteiger partial charge in [0.25, 0.3) is 5.91 Å². The molecule has 0 saturated carbocycles. The summed E-state index contributed by atoms with van der Waals surface area (Å²) in [6, 6.07) is 6.66. The Morgan fingerprint density at radius 3 is 2.70 bits per heavy atom. The number of aliphatic hydroxyl groups is 1. The van der Waals surface area contributed by atoms with E-state index in [2.05, 4.69) is 5.32 Å². The van der Waals surface area contributed by atoms with Gasteiger partial charge in [-0.15, -0.1) is 0 Å². The van der Waals surface area contributed by atoms with Crippen LogP contribution in [0.15, 0.2) is 30.3 Å². The second kappa shape index (κ2) is 7.92. The maximum Gasteiger partial charge on any atom is 0.408 e. The average Bonchev–Trinajstić information content (AvgIpc) is 2.64. The number of nitrogens with one attached hydrogen (secondary N) is 1. The van der Waals surface area contributed by atoms with E-state index in [-0.39, 0.29) is 13.0 Å². The van der Waals surface area contributed by atoms with Gasteiger partial charge >= 0.3 is 6.09 Å². The van der Waals surface area contributed by atoms with E-state index in [4.69, 9.17) is 9.57 Å². The molecule has 146 valence electrons. The van der Waals surface area contributed by atoms with Crippen molar-refractivity contribution in [3.05, 3.63) is 35.9 Å². The maximum atomic E-state index is 13.3. The zero-order valence-electron chi connectivity index (χ0n) is 15.8. The van der Waals surface area contributed by atoms with Crippen LogP contribution in [0.3, 0.4) is 0 Å². The summed E-state index contributed by atoms with van der Waals surface area (Å²) in [5.41, 5.74) is -1.92. The van der Waals surface area contributed by atoms with E-state index in [1.807, 2.05) is 0 Å². The molecule has 0 fully saturated rings. The van der Waals surface area contributed by atoms with Crippen molar-refractivity contribution >= 4 is 23.6 Å². The topological polar surface area (TPSA) is 105 Å². The Labute approximate surface area is 157 Å². The zero-order valence-corrected chi connectivity index (χ0v) is 15.8. The fraction of sp³-hybridized carbons (Fsp3) is 0.474. The molecule has 1 aromatic carbocycles. The molecular weight excluding hydrogens is 352 g/mol. The van der Waals surface area contributed by atoms with Crippen LogP contribution in [-0.2, 0) is 19.2 Å². The van der Waals surface area contributed by atoms with Gasteiger partial charge in [0, 0.05) is 18.1 Å². The summed E-state index contributed by atoms with van der Waals surface area (Å²) in [5, 5.41) is 14.1. The van der Waals surface area contributed by atoms with Gasteiger partial charge in [-0.3, -0.25) is 9.63 Å². The number of rotatable bonds is 4. The average molecular weight is 376 g/mol. The van der Waals surface area contributed by atoms with E-state index in [1.165, 1.54) is 0 Å². The second-order valence-electron chi connectivity index (χ2n) is 7.16. The van der Waals surface area contributed by atoms with Crippen LogP contribution in [0.2, 0.25) is 0 Å². The van der Waals surface area contributed by atoms with Crippen molar-refractivity contribution in [3.63, 3.8) is 0 Å². The van der Waals surface area contributed by atoms with Crippen LogP contribution in [0.4, 0.5) is 10.5 Å². The number of hydrogen-bond acceptors (Lipinski definition) is 6. The predicted molar refractivity (Wildman–Crippen MR) is 97.5 cm³/mol. The Bertz CT molecular complexity index is 766. The molecule has 2 atom stereocenters. The van der Waals surface area contributed by atoms with E-state index in [0.29, 0.717) is 11.3 Å². The molecule has 1 aliphatic rings. The third-order valence-corrected chi connectivity index (χ3v) is 3.88. The number of nitrogens with zero attached hydrogens (tertiary/aromatic N) is 1. The zero-order chi connectivity index (χ0) is 20.2. The van der Waals surface area contributed by atoms with Crippen molar-refractivity contribution in [3.8, 4) is 0 Å². The van der Waals surface area contributed by atoms with Gasteiger partial charge in [-0.1, -0.05) is 18.2 Å². The van der Waals surface area contributed by atoms with Crippen molar-refractivity contribution in [2.75, 3.05) is 11.7 Å². The number of anilines is 1. The highest BCUT2D eigenvalue weighted by atomic mass is 16.7. The summed E-state index contributed by atoms with van der Waals surface area (Å²) in [5.74, 6) is 0.821. The number of hydroxylamine groups is 1. The molecule has 2 rings (SSSR count). The normalized spacial score (nSPS) is 22.3. The van der Waals surface area contributed by atoms with E-state index in [9.17, 15) is 19.5 Å². The molecule has 0 saturated heterocycles. The van der Waals surface area contributed by atoms with Gasteiger partial charge in [0.15, 0.2) is 5.54 Å². The standard InChI is InChI=1S/C19H24N2O6/c1-5-26-21-14-9-7-6-8-13(14)15(23)12-19(10-11-22,16(21)24)20-17(25)27-18(2,3)4/h6-10,15,23H,5,12H2,1-4H3,(H,20,25)/t15?,19-/m1/s1. The number of benzene rings is 1. The molecule has 0 radical (unpaired) electrons. The van der Waals surface area contributed by atoms with E-state index in [1.54, 1.807) is 57.9 Å². The molecule has 1 unspecified atom stereocenters. The van der Waals surface area contributed by atoms with Crippen LogP contribution in [0, 0.1) is 0 Å². The lowest BCUT2D eigenvalue weighted by molar-refractivity contribution is -0.131. The van der Waals surface area contributed by atoms with Crippen LogP contribution in [0.5, 0.6) is 0 Å². The van der Waals surface area contributed by atoms with Gasteiger partial charge in [0.2, 0.25) is 0 Å². The number of hydrogen-bond donors (Lipinski definition) is 2. The largest absolute Gasteiger partial charge is 0.444 e. The van der Waals surface area contributed by atoms with Crippen molar-refractivity contribution in [2.24, 2.45) is 0 Å². The van der Waals surface area contributed by atoms with Crippen LogP contribution in [0.1, 0.15) is 45.8 Å². The molecule has 0 spiro atoms. The molecular formula is C19H24N2O6. The highest BCUT2D eigenvalue weighted by Crippen LogP contribution is 2.38. The van der Waals surface area contributed by atoms with E-state index in [0.717, 1.165) is 11.1 Å². The van der Waals surface area contributed by atoms with Gasteiger partial charge in [-0.05, 0) is 33.8 Å². The first-order chi connectivity index (χ1) is 12.6. The van der Waals surface area contributed by atoms with Gasteiger partial charge in [-0.2, -0.15) is 5.06 Å². The van der Waals surface area contributed by atoms with Crippen LogP contribution < -0.4 is 10.4 Å². The first-order valence-electron chi connectivity index (χ1n) is 8.61. The number of alkyl carbamates (subject to hydrolysis) is 1. The van der Waals surface area contributed by atoms with Gasteiger partial charge in [0.05, 0.1) is 18.4 Å². The van der Waals surface area contributed by atoms with Crippen LogP contribution >= 0.6 is 0 Å². The number of ether oxygens (including phenoxy) is 1. The minimum Gasteiger partial charge on any atom is -0.444 e. The van der Waals surface area contributed by atoms with Gasteiger partial charge in [0.1, 0.15) is 11.5 Å². The Hall–Kier alpha value is -2.67. The highest BCUT2D eigenvalue weighted by Gasteiger charge is 2.48. The lowest BCUT2D eigenvalue weighted by Crippen LogP contribution is -2.59. The summed E-state index contributed by atoms with van der Waals surface area (Å²) < 4.78 is 5.22. The smallest absolute Gasteiger partial charge is 0.408 e. The Morgan fingerprint density at radius 2 is 2.11 bits per heavy atom. The number of carbonyl (C=O) groups is 2. The minimum atomic E-state index is -1.88. The molecule has 27 heavy (non-hydrogen) atoms. The number of aliphatic hydroxyl groups excluding tert-OH is 1. The summed E-state index contributed by atoms with van der Waals surface area (Å²) in [7, 11) is 0. The van der Waals surface area contributed by atoms with Crippen molar-refractivity contribution in [2.45, 2.75) is 51.4 Å². The fourth-order valence-electron chi connectivity index (χ4n) is 2.85. The SMILES string of the molecule is CCON1C(=O)[C@](C=C=O)(NC(=O)OC(C)(C)C)CC(O)c2ccccc21. The van der Waals surface area contributed by atoms with Gasteiger partial charge in [-0.25, -0.2) is 9.59 Å². The monoisotopic (exact) mass is 376 g/mol. The second-order valence-corrected chi connectivity index (χ2v) is 7.16. The highest BCUT2D eigenvalue weighted by molar-refractivity contribution is 6.04. The summed E-state index contributed by atoms with van der Waals surface area (Å²) in [4.78, 5) is 42.2. The van der Waals surface area contributed by atoms with E-state index >= 15 is 0 Å². The van der Waals surface area contributed by atoms with Crippen molar-refractivity contribution in [1.82, 2.24) is 5.32 Å². The quantitative estimate of drug-likeness (QED) is 0.780. The number of carbonyl (C=O) groups excluding carboxylic acids is 3. The maximum absolute atomic E-state index is 13.3. The lowest BCUT2D eigenvalue weighted by atomic mass is 9.90. The van der Waals surface area contributed by atoms with Crippen LogP contribution in [-0.4, -0.2) is 40.8 Å². The Balaban J connectivity index is 2.53. The molecule has 1 aromatic rings. The number of para-hydroxylation sites is 1. The van der Waals surface area contributed by atoms with Crippen molar-refractivity contribution < 1.29 is 29.1 Å². The molecule has 1 heterocycles. The van der Waals surface area contributed by atoms with E-state index < -0.39 is 29.2 Å². The Kier molecular flexibility index (Phi) is 6.05. The molecule has 1 aliphatic heterocycles. The molecule has 0 aromatic heterocycles. The summed E-state index contributed by atoms with van der Waals surface area (Å²) >= 11 is 0. The minimum absolute atomic E-state index is 0.156. The first kappa shape index (κ1) is 20.6. The third kappa shape index (κ3) is 4.54. The van der Waals surface area contributed by atoms with Gasteiger partial charge < -0.3 is 15.2 Å². The predicted octanol–water partition coefficient (Wildman–Crippen LogP) is 2.06. The molecule has 8 nitrogen and oxygen atoms in total. The Morgan fingerprint density at radius 1 is 1.44 bits per heavy atom. The number of fused-ring (bicyclic) bond motifs is 1. The fourth-order valence-corrected chi connectivity index (χ4v) is 2.85. The molecule has 0 aliphatic carbocycles. The molecule has 2 N–H and O–H groups in total. The molecule has 8 heteroatoms. The summed E-state index contributed by atoms with van der Waals surface area (Å²) in [6.07, 6.45) is -1.45. The molecule has 2 amide bonds.